The number of nitro groups is 1. The second kappa shape index (κ2) is 7.16. The van der Waals surface area contributed by atoms with Crippen LogP contribution in [0.3, 0.4) is 0 Å². The number of methoxy groups -OCH3 is 1. The van der Waals surface area contributed by atoms with E-state index in [0.717, 1.165) is 6.20 Å². The number of aromatic nitrogens is 1. The van der Waals surface area contributed by atoms with E-state index in [9.17, 15) is 14.9 Å². The number of carbonyl (C=O) groups excluding carboxylic acids is 1. The van der Waals surface area contributed by atoms with E-state index in [4.69, 9.17) is 16.3 Å². The normalized spacial score (nSPS) is 12.0. The Kier molecular flexibility index (Phi) is 5.84. The van der Waals surface area contributed by atoms with Crippen LogP contribution in [0.2, 0.25) is 5.15 Å². The Morgan fingerprint density at radius 1 is 1.65 bits per heavy atom. The molecule has 0 spiro atoms. The third-order valence-electron chi connectivity index (χ3n) is 2.82. The summed E-state index contributed by atoms with van der Waals surface area (Å²) in [6.07, 6.45) is 0.990. The number of halogens is 1. The molecule has 0 N–H and O–H groups in total. The maximum atomic E-state index is 12.4. The average molecular weight is 302 g/mol. The third-order valence-corrected chi connectivity index (χ3v) is 3.02. The number of ether oxygens (including phenoxy) is 1. The number of rotatable bonds is 6. The van der Waals surface area contributed by atoms with Crippen molar-refractivity contribution in [2.24, 2.45) is 0 Å². The predicted octanol–water partition coefficient (Wildman–Crippen LogP) is 2.14. The van der Waals surface area contributed by atoms with E-state index >= 15 is 0 Å². The number of pyridine rings is 1. The highest BCUT2D eigenvalue weighted by atomic mass is 35.5. The summed E-state index contributed by atoms with van der Waals surface area (Å²) in [6, 6.07) is 1.01. The minimum absolute atomic E-state index is 0.0365. The van der Waals surface area contributed by atoms with Crippen LogP contribution in [0.25, 0.3) is 0 Å². The molecule has 1 amide bonds. The molecule has 0 radical (unpaired) electrons. The highest BCUT2D eigenvalue weighted by molar-refractivity contribution is 6.29. The van der Waals surface area contributed by atoms with Gasteiger partial charge >= 0.3 is 0 Å². The fourth-order valence-electron chi connectivity index (χ4n) is 1.88. The van der Waals surface area contributed by atoms with Crippen LogP contribution in [0.1, 0.15) is 24.2 Å². The molecule has 0 bridgehead atoms. The molecule has 0 aromatic carbocycles. The number of hydrogen-bond donors (Lipinski definition) is 0. The fraction of sp³-hybridized carbons (Fsp3) is 0.500. The van der Waals surface area contributed by atoms with Crippen molar-refractivity contribution in [2.75, 3.05) is 20.3 Å². The number of carbonyl (C=O) groups is 1. The highest BCUT2D eigenvalue weighted by Crippen LogP contribution is 2.22. The van der Waals surface area contributed by atoms with E-state index in [2.05, 4.69) is 4.98 Å². The van der Waals surface area contributed by atoms with Gasteiger partial charge in [-0.15, -0.1) is 0 Å². The Morgan fingerprint density at radius 3 is 2.80 bits per heavy atom. The molecule has 1 rings (SSSR count). The standard InChI is InChI=1S/C12H16ClN3O4/c1-4-15(8(2)7-20-3)12(17)9-5-11(13)14-6-10(9)16(18)19/h5-6,8H,4,7H2,1-3H3. The van der Waals surface area contributed by atoms with E-state index in [1.54, 1.807) is 13.8 Å². The molecular weight excluding hydrogens is 286 g/mol. The van der Waals surface area contributed by atoms with Crippen LogP contribution < -0.4 is 0 Å². The molecule has 7 nitrogen and oxygen atoms in total. The van der Waals surface area contributed by atoms with Gasteiger partial charge in [-0.05, 0) is 19.9 Å². The lowest BCUT2D eigenvalue weighted by Crippen LogP contribution is -2.41. The summed E-state index contributed by atoms with van der Waals surface area (Å²) in [5, 5.41) is 11.0. The molecule has 20 heavy (non-hydrogen) atoms. The van der Waals surface area contributed by atoms with E-state index in [0.29, 0.717) is 13.2 Å². The van der Waals surface area contributed by atoms with Crippen molar-refractivity contribution in [1.82, 2.24) is 9.88 Å². The number of amides is 1. The average Bonchev–Trinajstić information content (AvgIpc) is 2.39. The van der Waals surface area contributed by atoms with Gasteiger partial charge in [0, 0.05) is 13.7 Å². The van der Waals surface area contributed by atoms with Crippen molar-refractivity contribution in [3.05, 3.63) is 33.1 Å². The summed E-state index contributed by atoms with van der Waals surface area (Å²) in [5.74, 6) is -0.465. The zero-order valence-corrected chi connectivity index (χ0v) is 12.3. The quantitative estimate of drug-likeness (QED) is 0.456. The first-order valence-electron chi connectivity index (χ1n) is 6.02. The van der Waals surface area contributed by atoms with Crippen molar-refractivity contribution >= 4 is 23.2 Å². The van der Waals surface area contributed by atoms with Crippen LogP contribution in [0.15, 0.2) is 12.3 Å². The first-order valence-corrected chi connectivity index (χ1v) is 6.40. The SMILES string of the molecule is CCN(C(=O)c1cc(Cl)ncc1[N+](=O)[O-])C(C)COC. The van der Waals surface area contributed by atoms with Gasteiger partial charge in [-0.1, -0.05) is 11.6 Å². The molecule has 0 saturated carbocycles. The Bertz CT molecular complexity index is 509. The molecule has 8 heteroatoms. The van der Waals surface area contributed by atoms with Crippen molar-refractivity contribution in [2.45, 2.75) is 19.9 Å². The number of hydrogen-bond acceptors (Lipinski definition) is 5. The molecule has 1 atom stereocenters. The van der Waals surface area contributed by atoms with E-state index < -0.39 is 10.8 Å². The van der Waals surface area contributed by atoms with Crippen LogP contribution >= 0.6 is 11.6 Å². The molecule has 110 valence electrons. The Hall–Kier alpha value is -1.73. The van der Waals surface area contributed by atoms with Crippen LogP contribution in [0.4, 0.5) is 5.69 Å². The minimum atomic E-state index is -0.647. The van der Waals surface area contributed by atoms with Gasteiger partial charge in [-0.2, -0.15) is 0 Å². The summed E-state index contributed by atoms with van der Waals surface area (Å²) in [4.78, 5) is 27.9. The fourth-order valence-corrected chi connectivity index (χ4v) is 2.04. The smallest absolute Gasteiger partial charge is 0.300 e. The van der Waals surface area contributed by atoms with Crippen LogP contribution in [-0.4, -0.2) is 47.0 Å². The predicted molar refractivity (Wildman–Crippen MR) is 73.9 cm³/mol. The van der Waals surface area contributed by atoms with Gasteiger partial charge < -0.3 is 9.64 Å². The van der Waals surface area contributed by atoms with Gasteiger partial charge in [0.15, 0.2) is 0 Å². The van der Waals surface area contributed by atoms with Crippen molar-refractivity contribution in [3.63, 3.8) is 0 Å². The number of nitrogens with zero attached hydrogens (tertiary/aromatic N) is 3. The molecule has 0 aliphatic carbocycles. The molecule has 0 aliphatic heterocycles. The lowest BCUT2D eigenvalue weighted by molar-refractivity contribution is -0.385. The lowest BCUT2D eigenvalue weighted by atomic mass is 10.1. The second-order valence-corrected chi connectivity index (χ2v) is 4.56. The zero-order chi connectivity index (χ0) is 15.3. The van der Waals surface area contributed by atoms with Crippen LogP contribution in [0, 0.1) is 10.1 Å². The first-order chi connectivity index (χ1) is 9.42. The number of likely N-dealkylation sites (N-methyl/N-ethyl adjacent to an activating group) is 1. The summed E-state index contributed by atoms with van der Waals surface area (Å²) in [5.41, 5.74) is -0.428. The Balaban J connectivity index is 3.18. The third kappa shape index (κ3) is 3.64. The molecule has 1 unspecified atom stereocenters. The molecule has 1 aromatic heterocycles. The summed E-state index contributed by atoms with van der Waals surface area (Å²) < 4.78 is 5.01. The minimum Gasteiger partial charge on any atom is -0.383 e. The Morgan fingerprint density at radius 2 is 2.30 bits per heavy atom. The molecule has 0 aliphatic rings. The second-order valence-electron chi connectivity index (χ2n) is 4.18. The van der Waals surface area contributed by atoms with E-state index in [-0.39, 0.29) is 22.4 Å². The zero-order valence-electron chi connectivity index (χ0n) is 11.5. The topological polar surface area (TPSA) is 85.6 Å². The van der Waals surface area contributed by atoms with Gasteiger partial charge in [0.25, 0.3) is 11.6 Å². The van der Waals surface area contributed by atoms with Crippen molar-refractivity contribution < 1.29 is 14.5 Å². The lowest BCUT2D eigenvalue weighted by Gasteiger charge is -2.27. The van der Waals surface area contributed by atoms with Gasteiger partial charge in [-0.3, -0.25) is 14.9 Å². The Labute approximate surface area is 121 Å². The molecule has 1 aromatic rings. The van der Waals surface area contributed by atoms with Gasteiger partial charge in [0.1, 0.15) is 16.9 Å². The maximum Gasteiger partial charge on any atom is 0.300 e. The maximum absolute atomic E-state index is 12.4. The molecule has 0 saturated heterocycles. The monoisotopic (exact) mass is 301 g/mol. The van der Waals surface area contributed by atoms with Crippen molar-refractivity contribution in [3.8, 4) is 0 Å². The highest BCUT2D eigenvalue weighted by Gasteiger charge is 2.27. The van der Waals surface area contributed by atoms with Crippen LogP contribution in [-0.2, 0) is 4.74 Å². The van der Waals surface area contributed by atoms with E-state index in [1.165, 1.54) is 18.1 Å². The molecule has 0 fully saturated rings. The van der Waals surface area contributed by atoms with Gasteiger partial charge in [0.2, 0.25) is 0 Å². The summed E-state index contributed by atoms with van der Waals surface area (Å²) in [7, 11) is 1.53. The van der Waals surface area contributed by atoms with E-state index in [1.807, 2.05) is 0 Å². The largest absolute Gasteiger partial charge is 0.383 e. The summed E-state index contributed by atoms with van der Waals surface area (Å²) >= 11 is 5.73. The molecular formula is C12H16ClN3O4. The van der Waals surface area contributed by atoms with Crippen LogP contribution in [0.5, 0.6) is 0 Å². The van der Waals surface area contributed by atoms with Gasteiger partial charge in [-0.25, -0.2) is 4.98 Å². The van der Waals surface area contributed by atoms with Gasteiger partial charge in [0.05, 0.1) is 17.6 Å². The first kappa shape index (κ1) is 16.3. The van der Waals surface area contributed by atoms with Crippen molar-refractivity contribution in [1.29, 1.82) is 0 Å². The summed E-state index contributed by atoms with van der Waals surface area (Å²) in [6.45, 7) is 4.34. The molecule has 1 heterocycles.